The molecule has 4 aromatic rings. The SMILES string of the molecule is CCc1cc([C@H](c2ccc3c(nnn3C)c2C)C(C)C(=O)OCc2ccccc2)ccc1C. The number of hydrogen-bond donors (Lipinski definition) is 0. The number of fused-ring (bicyclic) bond motifs is 1. The van der Waals surface area contributed by atoms with Crippen LogP contribution >= 0.6 is 0 Å². The molecule has 170 valence electrons. The molecule has 3 aromatic carbocycles. The summed E-state index contributed by atoms with van der Waals surface area (Å²) < 4.78 is 7.53. The number of nitrogens with zero attached hydrogens (tertiary/aromatic N) is 3. The molecular weight excluding hydrogens is 410 g/mol. The van der Waals surface area contributed by atoms with Gasteiger partial charge < -0.3 is 4.74 Å². The van der Waals surface area contributed by atoms with Gasteiger partial charge in [-0.3, -0.25) is 4.79 Å². The Morgan fingerprint density at radius 1 is 1.06 bits per heavy atom. The van der Waals surface area contributed by atoms with Crippen molar-refractivity contribution in [2.45, 2.75) is 46.6 Å². The minimum atomic E-state index is -0.367. The molecule has 0 saturated carbocycles. The van der Waals surface area contributed by atoms with Crippen molar-refractivity contribution in [2.75, 3.05) is 0 Å². The largest absolute Gasteiger partial charge is 0.461 e. The van der Waals surface area contributed by atoms with E-state index in [0.29, 0.717) is 0 Å². The van der Waals surface area contributed by atoms with Crippen molar-refractivity contribution in [3.05, 3.63) is 94.0 Å². The van der Waals surface area contributed by atoms with Gasteiger partial charge in [-0.25, -0.2) is 4.68 Å². The van der Waals surface area contributed by atoms with Crippen LogP contribution in [-0.4, -0.2) is 21.0 Å². The van der Waals surface area contributed by atoms with Crippen molar-refractivity contribution < 1.29 is 9.53 Å². The normalized spacial score (nSPS) is 13.1. The second kappa shape index (κ2) is 9.57. The van der Waals surface area contributed by atoms with Gasteiger partial charge in [-0.15, -0.1) is 5.10 Å². The summed E-state index contributed by atoms with van der Waals surface area (Å²) in [5, 5.41) is 8.57. The average Bonchev–Trinajstić information content (AvgIpc) is 3.22. The Bertz CT molecular complexity index is 1280. The summed E-state index contributed by atoms with van der Waals surface area (Å²) in [4.78, 5) is 13.3. The molecule has 5 nitrogen and oxygen atoms in total. The van der Waals surface area contributed by atoms with Gasteiger partial charge in [0.05, 0.1) is 11.4 Å². The van der Waals surface area contributed by atoms with Crippen LogP contribution in [0.25, 0.3) is 11.0 Å². The molecule has 0 aliphatic carbocycles. The van der Waals surface area contributed by atoms with Gasteiger partial charge >= 0.3 is 5.97 Å². The maximum atomic E-state index is 13.3. The van der Waals surface area contributed by atoms with Crippen molar-refractivity contribution in [1.82, 2.24) is 15.0 Å². The van der Waals surface area contributed by atoms with Crippen molar-refractivity contribution in [2.24, 2.45) is 13.0 Å². The number of aryl methyl sites for hydroxylation is 4. The van der Waals surface area contributed by atoms with Crippen LogP contribution in [0, 0.1) is 19.8 Å². The first-order valence-electron chi connectivity index (χ1n) is 11.5. The smallest absolute Gasteiger partial charge is 0.309 e. The van der Waals surface area contributed by atoms with Crippen molar-refractivity contribution in [1.29, 1.82) is 0 Å². The van der Waals surface area contributed by atoms with Gasteiger partial charge in [0.2, 0.25) is 0 Å². The Kier molecular flexibility index (Phi) is 6.59. The molecule has 0 bridgehead atoms. The summed E-state index contributed by atoms with van der Waals surface area (Å²) >= 11 is 0. The molecule has 0 radical (unpaired) electrons. The van der Waals surface area contributed by atoms with Crippen molar-refractivity contribution in [3.63, 3.8) is 0 Å². The number of ether oxygens (including phenoxy) is 1. The van der Waals surface area contributed by atoms with E-state index in [-0.39, 0.29) is 24.4 Å². The second-order valence-corrected chi connectivity index (χ2v) is 8.76. The van der Waals surface area contributed by atoms with E-state index in [1.54, 1.807) is 4.68 Å². The molecule has 33 heavy (non-hydrogen) atoms. The third kappa shape index (κ3) is 4.54. The van der Waals surface area contributed by atoms with Crippen LogP contribution in [0.1, 0.15) is 53.1 Å². The Hall–Kier alpha value is -3.47. The highest BCUT2D eigenvalue weighted by Gasteiger charge is 2.31. The first-order chi connectivity index (χ1) is 15.9. The molecule has 1 aromatic heterocycles. The zero-order valence-corrected chi connectivity index (χ0v) is 20.0. The monoisotopic (exact) mass is 441 g/mol. The summed E-state index contributed by atoms with van der Waals surface area (Å²) in [5.41, 5.74) is 8.63. The van der Waals surface area contributed by atoms with Gasteiger partial charge in [0.25, 0.3) is 0 Å². The molecular formula is C28H31N3O2. The highest BCUT2D eigenvalue weighted by Crippen LogP contribution is 2.37. The second-order valence-electron chi connectivity index (χ2n) is 8.76. The van der Waals surface area contributed by atoms with Gasteiger partial charge in [-0.05, 0) is 59.7 Å². The summed E-state index contributed by atoms with van der Waals surface area (Å²) in [7, 11) is 1.89. The van der Waals surface area contributed by atoms with E-state index in [1.807, 2.05) is 50.4 Å². The lowest BCUT2D eigenvalue weighted by Crippen LogP contribution is -2.24. The molecule has 0 aliphatic rings. The molecule has 5 heteroatoms. The van der Waals surface area contributed by atoms with Crippen LogP contribution in [-0.2, 0) is 29.6 Å². The highest BCUT2D eigenvalue weighted by molar-refractivity contribution is 5.81. The standard InChI is InChI=1S/C28H31N3O2/c1-6-22-16-23(13-12-18(22)2)26(20(4)28(32)33-17-21-10-8-7-9-11-21)24-14-15-25-27(19(24)3)29-30-31(25)5/h7-16,20,26H,6,17H2,1-5H3/t20?,26-/m1/s1. The fourth-order valence-corrected chi connectivity index (χ4v) is 4.59. The van der Waals surface area contributed by atoms with Crippen LogP contribution < -0.4 is 0 Å². The number of benzene rings is 3. The Morgan fingerprint density at radius 2 is 1.82 bits per heavy atom. The fraction of sp³-hybridized carbons (Fsp3) is 0.321. The average molecular weight is 442 g/mol. The third-order valence-corrected chi connectivity index (χ3v) is 6.62. The van der Waals surface area contributed by atoms with E-state index in [1.165, 1.54) is 11.1 Å². The molecule has 1 heterocycles. The number of carbonyl (C=O) groups is 1. The van der Waals surface area contributed by atoms with E-state index in [9.17, 15) is 4.79 Å². The molecule has 0 N–H and O–H groups in total. The first kappa shape index (κ1) is 22.7. The van der Waals surface area contributed by atoms with E-state index in [2.05, 4.69) is 55.3 Å². The van der Waals surface area contributed by atoms with Crippen LogP contribution in [0.3, 0.4) is 0 Å². The molecule has 4 rings (SSSR count). The Balaban J connectivity index is 1.74. The molecule has 0 spiro atoms. The van der Waals surface area contributed by atoms with Gasteiger partial charge in [0.15, 0.2) is 0 Å². The molecule has 2 atom stereocenters. The maximum Gasteiger partial charge on any atom is 0.309 e. The van der Waals surface area contributed by atoms with E-state index in [0.717, 1.165) is 39.7 Å². The van der Waals surface area contributed by atoms with E-state index < -0.39 is 0 Å². The predicted molar refractivity (Wildman–Crippen MR) is 131 cm³/mol. The fourth-order valence-electron chi connectivity index (χ4n) is 4.59. The Morgan fingerprint density at radius 3 is 2.55 bits per heavy atom. The minimum absolute atomic E-state index is 0.148. The summed E-state index contributed by atoms with van der Waals surface area (Å²) in [5.74, 6) is -0.722. The highest BCUT2D eigenvalue weighted by atomic mass is 16.5. The lowest BCUT2D eigenvalue weighted by molar-refractivity contribution is -0.149. The quantitative estimate of drug-likeness (QED) is 0.347. The van der Waals surface area contributed by atoms with Crippen LogP contribution in [0.2, 0.25) is 0 Å². The lowest BCUT2D eigenvalue weighted by atomic mass is 9.78. The summed E-state index contributed by atoms with van der Waals surface area (Å²) in [6, 6.07) is 20.5. The zero-order chi connectivity index (χ0) is 23.5. The van der Waals surface area contributed by atoms with Crippen molar-refractivity contribution in [3.8, 4) is 0 Å². The van der Waals surface area contributed by atoms with E-state index in [4.69, 9.17) is 4.74 Å². The van der Waals surface area contributed by atoms with Crippen LogP contribution in [0.15, 0.2) is 60.7 Å². The number of hydrogen-bond acceptors (Lipinski definition) is 4. The number of carbonyl (C=O) groups excluding carboxylic acids is 1. The molecule has 1 unspecified atom stereocenters. The molecule has 0 aliphatic heterocycles. The Labute approximate surface area is 195 Å². The molecule has 0 saturated heterocycles. The van der Waals surface area contributed by atoms with Gasteiger partial charge in [-0.2, -0.15) is 0 Å². The zero-order valence-electron chi connectivity index (χ0n) is 20.0. The summed E-state index contributed by atoms with van der Waals surface area (Å²) in [6.45, 7) is 8.59. The van der Waals surface area contributed by atoms with Crippen LogP contribution in [0.4, 0.5) is 0 Å². The lowest BCUT2D eigenvalue weighted by Gasteiger charge is -2.26. The third-order valence-electron chi connectivity index (χ3n) is 6.62. The van der Waals surface area contributed by atoms with E-state index >= 15 is 0 Å². The topological polar surface area (TPSA) is 57.0 Å². The van der Waals surface area contributed by atoms with Crippen LogP contribution in [0.5, 0.6) is 0 Å². The van der Waals surface area contributed by atoms with Gasteiger partial charge in [0, 0.05) is 13.0 Å². The number of aromatic nitrogens is 3. The molecule has 0 fully saturated rings. The van der Waals surface area contributed by atoms with Gasteiger partial charge in [0.1, 0.15) is 12.1 Å². The molecule has 0 amide bonds. The minimum Gasteiger partial charge on any atom is -0.461 e. The first-order valence-corrected chi connectivity index (χ1v) is 11.5. The number of esters is 1. The summed E-state index contributed by atoms with van der Waals surface area (Å²) in [6.07, 6.45) is 0.946. The van der Waals surface area contributed by atoms with Crippen molar-refractivity contribution >= 4 is 17.0 Å². The maximum absolute atomic E-state index is 13.3. The number of rotatable bonds is 7. The predicted octanol–water partition coefficient (Wildman–Crippen LogP) is 5.66. The van der Waals surface area contributed by atoms with Gasteiger partial charge in [-0.1, -0.05) is 73.7 Å².